The first-order valence-corrected chi connectivity index (χ1v) is 4.63. The monoisotopic (exact) mass is 208 g/mol. The molecule has 0 heterocycles. The van der Waals surface area contributed by atoms with E-state index in [9.17, 15) is 4.79 Å². The first-order chi connectivity index (χ1) is 6.58. The molecule has 0 radical (unpaired) electrons. The van der Waals surface area contributed by atoms with Gasteiger partial charge in [-0.25, -0.2) is 0 Å². The van der Waals surface area contributed by atoms with Gasteiger partial charge in [0.1, 0.15) is 0 Å². The SMILES string of the molecule is Cc1cccc(NC(=O)CC(N)=S)c1. The van der Waals surface area contributed by atoms with E-state index in [0.717, 1.165) is 11.3 Å². The number of hydrogen-bond donors (Lipinski definition) is 2. The number of hydrogen-bond acceptors (Lipinski definition) is 2. The lowest BCUT2D eigenvalue weighted by molar-refractivity contribution is -0.115. The molecule has 0 saturated heterocycles. The standard InChI is InChI=1S/C10H12N2OS/c1-7-3-2-4-8(5-7)12-10(13)6-9(11)14/h2-5H,6H2,1H3,(H2,11,14)(H,12,13). The number of anilines is 1. The predicted octanol–water partition coefficient (Wildman–Crippen LogP) is 1.61. The average molecular weight is 208 g/mol. The van der Waals surface area contributed by atoms with Crippen LogP contribution in [0.4, 0.5) is 5.69 Å². The molecule has 0 aromatic heterocycles. The van der Waals surface area contributed by atoms with Crippen molar-refractivity contribution >= 4 is 28.8 Å². The fourth-order valence-electron chi connectivity index (χ4n) is 1.09. The van der Waals surface area contributed by atoms with Crippen LogP contribution in [-0.2, 0) is 4.79 Å². The van der Waals surface area contributed by atoms with Crippen molar-refractivity contribution in [2.24, 2.45) is 5.73 Å². The molecule has 0 bridgehead atoms. The zero-order valence-electron chi connectivity index (χ0n) is 7.91. The van der Waals surface area contributed by atoms with Crippen molar-refractivity contribution in [3.63, 3.8) is 0 Å². The summed E-state index contributed by atoms with van der Waals surface area (Å²) in [6.07, 6.45) is 0.0866. The maximum Gasteiger partial charge on any atom is 0.231 e. The van der Waals surface area contributed by atoms with Crippen LogP contribution in [0.3, 0.4) is 0 Å². The number of carbonyl (C=O) groups is 1. The Morgan fingerprint density at radius 3 is 2.86 bits per heavy atom. The number of amides is 1. The number of thiocarbonyl (C=S) groups is 1. The summed E-state index contributed by atoms with van der Waals surface area (Å²) in [5.74, 6) is -0.178. The summed E-state index contributed by atoms with van der Waals surface area (Å²) < 4.78 is 0. The van der Waals surface area contributed by atoms with Crippen molar-refractivity contribution in [3.05, 3.63) is 29.8 Å². The van der Waals surface area contributed by atoms with E-state index in [1.165, 1.54) is 0 Å². The Kier molecular flexibility index (Phi) is 3.59. The molecule has 1 amide bonds. The Balaban J connectivity index is 2.60. The highest BCUT2D eigenvalue weighted by molar-refractivity contribution is 7.80. The maximum atomic E-state index is 11.3. The molecule has 4 heteroatoms. The summed E-state index contributed by atoms with van der Waals surface area (Å²) in [6.45, 7) is 1.96. The lowest BCUT2D eigenvalue weighted by atomic mass is 10.2. The van der Waals surface area contributed by atoms with Crippen molar-refractivity contribution < 1.29 is 4.79 Å². The van der Waals surface area contributed by atoms with Crippen molar-refractivity contribution in [1.29, 1.82) is 0 Å². The van der Waals surface area contributed by atoms with Crippen molar-refractivity contribution in [2.75, 3.05) is 5.32 Å². The van der Waals surface area contributed by atoms with E-state index in [1.54, 1.807) is 0 Å². The average Bonchev–Trinajstić information content (AvgIpc) is 2.01. The van der Waals surface area contributed by atoms with Crippen molar-refractivity contribution in [3.8, 4) is 0 Å². The second-order valence-corrected chi connectivity index (χ2v) is 3.59. The van der Waals surface area contributed by atoms with Crippen LogP contribution in [0.15, 0.2) is 24.3 Å². The Bertz CT molecular complexity index is 363. The van der Waals surface area contributed by atoms with Crippen LogP contribution < -0.4 is 11.1 Å². The Morgan fingerprint density at radius 2 is 2.29 bits per heavy atom. The molecule has 0 spiro atoms. The van der Waals surface area contributed by atoms with E-state index in [2.05, 4.69) is 17.5 Å². The number of nitrogens with one attached hydrogen (secondary N) is 1. The molecule has 1 rings (SSSR count). The summed E-state index contributed by atoms with van der Waals surface area (Å²) in [4.78, 5) is 11.5. The molecule has 0 saturated carbocycles. The van der Waals surface area contributed by atoms with Crippen LogP contribution >= 0.6 is 12.2 Å². The van der Waals surface area contributed by atoms with Crippen LogP contribution in [0.2, 0.25) is 0 Å². The fourth-order valence-corrected chi connectivity index (χ4v) is 1.22. The molecule has 0 aliphatic rings. The molecule has 3 nitrogen and oxygen atoms in total. The minimum absolute atomic E-state index is 0.0866. The smallest absolute Gasteiger partial charge is 0.231 e. The Hall–Kier alpha value is -1.42. The van der Waals surface area contributed by atoms with Crippen LogP contribution in [-0.4, -0.2) is 10.9 Å². The van der Waals surface area contributed by atoms with E-state index in [1.807, 2.05) is 31.2 Å². The van der Waals surface area contributed by atoms with E-state index in [4.69, 9.17) is 5.73 Å². The number of rotatable bonds is 3. The third kappa shape index (κ3) is 3.53. The van der Waals surface area contributed by atoms with E-state index < -0.39 is 0 Å². The van der Waals surface area contributed by atoms with Gasteiger partial charge in [0.15, 0.2) is 0 Å². The summed E-state index contributed by atoms with van der Waals surface area (Å²) in [7, 11) is 0. The predicted molar refractivity (Wildman–Crippen MR) is 61.2 cm³/mol. The largest absolute Gasteiger partial charge is 0.393 e. The highest BCUT2D eigenvalue weighted by atomic mass is 32.1. The number of aryl methyl sites for hydroxylation is 1. The molecule has 74 valence electrons. The van der Waals surface area contributed by atoms with Gasteiger partial charge in [-0.1, -0.05) is 24.4 Å². The Morgan fingerprint density at radius 1 is 1.57 bits per heavy atom. The Labute approximate surface area is 88.3 Å². The van der Waals surface area contributed by atoms with Crippen LogP contribution in [0, 0.1) is 6.92 Å². The van der Waals surface area contributed by atoms with Gasteiger partial charge in [-0.2, -0.15) is 0 Å². The summed E-state index contributed by atoms with van der Waals surface area (Å²) >= 11 is 4.63. The molecule has 14 heavy (non-hydrogen) atoms. The molecular formula is C10H12N2OS. The van der Waals surface area contributed by atoms with E-state index in [0.29, 0.717) is 0 Å². The van der Waals surface area contributed by atoms with Gasteiger partial charge in [-0.05, 0) is 24.6 Å². The van der Waals surface area contributed by atoms with Crippen molar-refractivity contribution in [2.45, 2.75) is 13.3 Å². The second-order valence-electron chi connectivity index (χ2n) is 3.06. The lowest BCUT2D eigenvalue weighted by Crippen LogP contribution is -2.20. The first kappa shape index (κ1) is 10.7. The number of carbonyl (C=O) groups excluding carboxylic acids is 1. The molecular weight excluding hydrogens is 196 g/mol. The van der Waals surface area contributed by atoms with Crippen LogP contribution in [0.5, 0.6) is 0 Å². The molecule has 0 atom stereocenters. The molecule has 1 aromatic rings. The molecule has 1 aromatic carbocycles. The quantitative estimate of drug-likeness (QED) is 0.742. The number of nitrogens with two attached hydrogens (primary N) is 1. The van der Waals surface area contributed by atoms with Gasteiger partial charge in [0.2, 0.25) is 5.91 Å². The highest BCUT2D eigenvalue weighted by Gasteiger charge is 2.03. The molecule has 0 aliphatic heterocycles. The van der Waals surface area contributed by atoms with Gasteiger partial charge >= 0.3 is 0 Å². The van der Waals surface area contributed by atoms with Gasteiger partial charge in [-0.3, -0.25) is 4.79 Å². The van der Waals surface area contributed by atoms with Crippen molar-refractivity contribution in [1.82, 2.24) is 0 Å². The minimum Gasteiger partial charge on any atom is -0.393 e. The second kappa shape index (κ2) is 4.72. The number of benzene rings is 1. The summed E-state index contributed by atoms with van der Waals surface area (Å²) in [6, 6.07) is 7.55. The van der Waals surface area contributed by atoms with Gasteiger partial charge in [0.05, 0.1) is 11.4 Å². The van der Waals surface area contributed by atoms with E-state index >= 15 is 0 Å². The fraction of sp³-hybridized carbons (Fsp3) is 0.200. The first-order valence-electron chi connectivity index (χ1n) is 4.23. The van der Waals surface area contributed by atoms with Gasteiger partial charge < -0.3 is 11.1 Å². The minimum atomic E-state index is -0.178. The third-order valence-corrected chi connectivity index (χ3v) is 1.78. The molecule has 3 N–H and O–H groups in total. The summed E-state index contributed by atoms with van der Waals surface area (Å²) in [5, 5.41) is 2.71. The van der Waals surface area contributed by atoms with Crippen LogP contribution in [0.1, 0.15) is 12.0 Å². The maximum absolute atomic E-state index is 11.3. The zero-order chi connectivity index (χ0) is 10.6. The zero-order valence-corrected chi connectivity index (χ0v) is 8.73. The molecule has 0 unspecified atom stereocenters. The highest BCUT2D eigenvalue weighted by Crippen LogP contribution is 2.09. The normalized spacial score (nSPS) is 9.50. The molecule has 0 fully saturated rings. The third-order valence-electron chi connectivity index (χ3n) is 1.64. The summed E-state index contributed by atoms with van der Waals surface area (Å²) in [5.41, 5.74) is 7.11. The van der Waals surface area contributed by atoms with Gasteiger partial charge in [0, 0.05) is 5.69 Å². The van der Waals surface area contributed by atoms with Gasteiger partial charge in [0.25, 0.3) is 0 Å². The van der Waals surface area contributed by atoms with E-state index in [-0.39, 0.29) is 17.3 Å². The lowest BCUT2D eigenvalue weighted by Gasteiger charge is -2.04. The van der Waals surface area contributed by atoms with Gasteiger partial charge in [-0.15, -0.1) is 0 Å². The van der Waals surface area contributed by atoms with Crippen LogP contribution in [0.25, 0.3) is 0 Å². The molecule has 0 aliphatic carbocycles. The topological polar surface area (TPSA) is 55.1 Å².